The van der Waals surface area contributed by atoms with Crippen molar-refractivity contribution in [1.29, 1.82) is 0 Å². The average molecular weight is 427 g/mol. The zero-order valence-electron chi connectivity index (χ0n) is 18.6. The molecule has 6 nitrogen and oxygen atoms in total. The number of carbonyl (C=O) groups is 1. The molecule has 3 aromatic rings. The Kier molecular flexibility index (Phi) is 7.02. The molecule has 0 aliphatic heterocycles. The van der Waals surface area contributed by atoms with Gasteiger partial charge in [-0.3, -0.25) is 4.79 Å². The molecule has 0 saturated carbocycles. The number of hydrogen-bond donors (Lipinski definition) is 0. The summed E-state index contributed by atoms with van der Waals surface area (Å²) in [6.45, 7) is 9.10. The maximum atomic E-state index is 12.9. The van der Waals surface area contributed by atoms with Gasteiger partial charge < -0.3 is 13.9 Å². The number of benzene rings is 1. The molecule has 0 bridgehead atoms. The molecule has 0 amide bonds. The first-order chi connectivity index (χ1) is 14.3. The number of methoxy groups -OCH3 is 1. The molecule has 0 saturated heterocycles. The number of ether oxygens (including phenoxy) is 1. The number of aryl methyl sites for hydroxylation is 2. The van der Waals surface area contributed by atoms with Gasteiger partial charge in [0, 0.05) is 36.5 Å². The van der Waals surface area contributed by atoms with Gasteiger partial charge in [-0.1, -0.05) is 37.7 Å². The lowest BCUT2D eigenvalue weighted by atomic mass is 10.1. The molecule has 0 spiro atoms. The number of hydrogen-bond acceptors (Lipinski definition) is 5. The minimum Gasteiger partial charge on any atom is -0.497 e. The highest BCUT2D eigenvalue weighted by molar-refractivity contribution is 7.99. The number of thioether (sulfide) groups is 1. The van der Waals surface area contributed by atoms with Crippen molar-refractivity contribution in [2.24, 2.45) is 7.05 Å². The van der Waals surface area contributed by atoms with Gasteiger partial charge in [0.25, 0.3) is 0 Å². The quantitative estimate of drug-likeness (QED) is 0.370. The summed E-state index contributed by atoms with van der Waals surface area (Å²) >= 11 is 1.44. The first-order valence-corrected chi connectivity index (χ1v) is 11.1. The fourth-order valence-electron chi connectivity index (χ4n) is 3.62. The van der Waals surface area contributed by atoms with Gasteiger partial charge in [-0.2, -0.15) is 0 Å². The fourth-order valence-corrected chi connectivity index (χ4v) is 4.42. The van der Waals surface area contributed by atoms with Gasteiger partial charge in [0.15, 0.2) is 10.9 Å². The number of ketones is 1. The van der Waals surface area contributed by atoms with E-state index in [4.69, 9.17) is 4.74 Å². The molecule has 0 aliphatic carbocycles. The highest BCUT2D eigenvalue weighted by Crippen LogP contribution is 2.23. The van der Waals surface area contributed by atoms with E-state index in [0.29, 0.717) is 11.7 Å². The van der Waals surface area contributed by atoms with Crippen molar-refractivity contribution in [2.75, 3.05) is 12.9 Å². The van der Waals surface area contributed by atoms with E-state index in [-0.39, 0.29) is 5.78 Å². The van der Waals surface area contributed by atoms with E-state index < -0.39 is 0 Å². The van der Waals surface area contributed by atoms with Crippen LogP contribution in [0.15, 0.2) is 35.5 Å². The molecule has 0 atom stereocenters. The van der Waals surface area contributed by atoms with Crippen LogP contribution in [0.5, 0.6) is 5.75 Å². The molecular formula is C23H30N4O2S. The Balaban J connectivity index is 1.65. The maximum Gasteiger partial charge on any atom is 0.191 e. The van der Waals surface area contributed by atoms with Crippen LogP contribution in [-0.4, -0.2) is 38.0 Å². The van der Waals surface area contributed by atoms with Crippen LogP contribution in [0.25, 0.3) is 0 Å². The summed E-state index contributed by atoms with van der Waals surface area (Å²) in [5.41, 5.74) is 4.17. The molecule has 0 fully saturated rings. The van der Waals surface area contributed by atoms with E-state index in [9.17, 15) is 4.79 Å². The second-order valence-corrected chi connectivity index (χ2v) is 8.74. The SMILES string of the molecule is COc1ccc(CCn2c(C)cc(C(=O)CSc3nnc(C(C)C)n3C)c2C)cc1. The van der Waals surface area contributed by atoms with Crippen LogP contribution >= 0.6 is 11.8 Å². The Morgan fingerprint density at radius 3 is 2.47 bits per heavy atom. The number of carbonyl (C=O) groups excluding carboxylic acids is 1. The summed E-state index contributed by atoms with van der Waals surface area (Å²) in [5, 5.41) is 9.25. The molecule has 2 heterocycles. The van der Waals surface area contributed by atoms with Crippen molar-refractivity contribution in [3.05, 3.63) is 58.7 Å². The summed E-state index contributed by atoms with van der Waals surface area (Å²) < 4.78 is 9.42. The number of rotatable bonds is 9. The molecule has 30 heavy (non-hydrogen) atoms. The molecule has 0 unspecified atom stereocenters. The second kappa shape index (κ2) is 9.51. The van der Waals surface area contributed by atoms with E-state index >= 15 is 0 Å². The summed E-state index contributed by atoms with van der Waals surface area (Å²) in [7, 11) is 3.62. The topological polar surface area (TPSA) is 61.9 Å². The molecular weight excluding hydrogens is 396 g/mol. The van der Waals surface area contributed by atoms with E-state index in [1.54, 1.807) is 7.11 Å². The lowest BCUT2D eigenvalue weighted by molar-refractivity contribution is 0.102. The number of aromatic nitrogens is 4. The van der Waals surface area contributed by atoms with Gasteiger partial charge in [-0.15, -0.1) is 10.2 Å². The smallest absolute Gasteiger partial charge is 0.191 e. The number of nitrogens with zero attached hydrogens (tertiary/aromatic N) is 4. The van der Waals surface area contributed by atoms with E-state index in [0.717, 1.165) is 46.6 Å². The average Bonchev–Trinajstić information content (AvgIpc) is 3.24. The van der Waals surface area contributed by atoms with Gasteiger partial charge in [0.2, 0.25) is 0 Å². The molecule has 0 radical (unpaired) electrons. The zero-order valence-corrected chi connectivity index (χ0v) is 19.4. The minimum absolute atomic E-state index is 0.123. The predicted octanol–water partition coefficient (Wildman–Crippen LogP) is 4.58. The lowest BCUT2D eigenvalue weighted by Crippen LogP contribution is -2.09. The molecule has 3 rings (SSSR count). The van der Waals surface area contributed by atoms with E-state index in [1.807, 2.05) is 36.7 Å². The van der Waals surface area contributed by atoms with Crippen LogP contribution < -0.4 is 4.74 Å². The predicted molar refractivity (Wildman–Crippen MR) is 121 cm³/mol. The summed E-state index contributed by atoms with van der Waals surface area (Å²) in [4.78, 5) is 12.9. The van der Waals surface area contributed by atoms with Crippen molar-refractivity contribution < 1.29 is 9.53 Å². The molecule has 160 valence electrons. The van der Waals surface area contributed by atoms with Crippen molar-refractivity contribution in [3.63, 3.8) is 0 Å². The van der Waals surface area contributed by atoms with Crippen LogP contribution in [0.4, 0.5) is 0 Å². The Labute approximate surface area is 182 Å². The maximum absolute atomic E-state index is 12.9. The number of Topliss-reactive ketones (excluding diaryl/α,β-unsaturated/α-hetero) is 1. The monoisotopic (exact) mass is 426 g/mol. The minimum atomic E-state index is 0.123. The Bertz CT molecular complexity index is 1020. The van der Waals surface area contributed by atoms with Crippen LogP contribution in [0.3, 0.4) is 0 Å². The van der Waals surface area contributed by atoms with Gasteiger partial charge in [-0.25, -0.2) is 0 Å². The Morgan fingerprint density at radius 1 is 1.17 bits per heavy atom. The van der Waals surface area contributed by atoms with Crippen molar-refractivity contribution >= 4 is 17.5 Å². The molecule has 0 N–H and O–H groups in total. The molecule has 1 aromatic carbocycles. The van der Waals surface area contributed by atoms with Crippen molar-refractivity contribution in [3.8, 4) is 5.75 Å². The Hall–Kier alpha value is -2.54. The van der Waals surface area contributed by atoms with Crippen molar-refractivity contribution in [2.45, 2.75) is 51.7 Å². The Morgan fingerprint density at radius 2 is 1.87 bits per heavy atom. The fraction of sp³-hybridized carbons (Fsp3) is 0.435. The van der Waals surface area contributed by atoms with E-state index in [2.05, 4.69) is 47.7 Å². The third kappa shape index (κ3) is 4.78. The second-order valence-electron chi connectivity index (χ2n) is 7.80. The zero-order chi connectivity index (χ0) is 21.8. The highest BCUT2D eigenvalue weighted by atomic mass is 32.2. The van der Waals surface area contributed by atoms with Crippen LogP contribution in [0, 0.1) is 13.8 Å². The first-order valence-electron chi connectivity index (χ1n) is 10.2. The van der Waals surface area contributed by atoms with E-state index in [1.165, 1.54) is 17.3 Å². The van der Waals surface area contributed by atoms with Gasteiger partial charge in [-0.05, 0) is 44.0 Å². The summed E-state index contributed by atoms with van der Waals surface area (Å²) in [6, 6.07) is 10.1. The summed E-state index contributed by atoms with van der Waals surface area (Å²) in [5.74, 6) is 2.57. The highest BCUT2D eigenvalue weighted by Gasteiger charge is 2.18. The van der Waals surface area contributed by atoms with Gasteiger partial charge in [0.1, 0.15) is 11.6 Å². The van der Waals surface area contributed by atoms with Crippen LogP contribution in [0.1, 0.15) is 52.9 Å². The van der Waals surface area contributed by atoms with Gasteiger partial charge in [0.05, 0.1) is 12.9 Å². The summed E-state index contributed by atoms with van der Waals surface area (Å²) in [6.07, 6.45) is 0.902. The first kappa shape index (κ1) is 22.2. The largest absolute Gasteiger partial charge is 0.497 e. The van der Waals surface area contributed by atoms with Crippen LogP contribution in [-0.2, 0) is 20.0 Å². The molecule has 7 heteroatoms. The van der Waals surface area contributed by atoms with Gasteiger partial charge >= 0.3 is 0 Å². The molecule has 0 aliphatic rings. The molecule has 2 aromatic heterocycles. The third-order valence-corrected chi connectivity index (χ3v) is 6.39. The van der Waals surface area contributed by atoms with Crippen LogP contribution in [0.2, 0.25) is 0 Å². The third-order valence-electron chi connectivity index (χ3n) is 5.37. The van der Waals surface area contributed by atoms with Crippen molar-refractivity contribution in [1.82, 2.24) is 19.3 Å². The standard InChI is InChI=1S/C23H30N4O2S/c1-15(2)22-24-25-23(26(22)5)30-14-21(28)20-13-16(3)27(17(20)4)12-11-18-7-9-19(29-6)10-8-18/h7-10,13,15H,11-12,14H2,1-6H3. The normalized spacial score (nSPS) is 11.3. The lowest BCUT2D eigenvalue weighted by Gasteiger charge is -2.10.